The summed E-state index contributed by atoms with van der Waals surface area (Å²) in [4.78, 5) is 12.0. The van der Waals surface area contributed by atoms with Crippen LogP contribution >= 0.6 is 0 Å². The molecule has 5 nitrogen and oxygen atoms in total. The van der Waals surface area contributed by atoms with Crippen molar-refractivity contribution in [2.24, 2.45) is 0 Å². The Morgan fingerprint density at radius 2 is 2.00 bits per heavy atom. The number of hydrogen-bond acceptors (Lipinski definition) is 4. The Labute approximate surface area is 124 Å². The summed E-state index contributed by atoms with van der Waals surface area (Å²) in [6, 6.07) is 9.59. The first kappa shape index (κ1) is 15.1. The number of rotatable bonds is 4. The van der Waals surface area contributed by atoms with Crippen molar-refractivity contribution in [1.82, 2.24) is 5.16 Å². The average Bonchev–Trinajstić information content (AvgIpc) is 2.82. The largest absolute Gasteiger partial charge is 0.360 e. The third kappa shape index (κ3) is 4.08. The van der Waals surface area contributed by atoms with Crippen molar-refractivity contribution in [3.63, 3.8) is 0 Å². The number of aryl methyl sites for hydroxylation is 1. The number of aromatic nitrogens is 1. The first-order valence-corrected chi connectivity index (χ1v) is 6.93. The number of carbonyl (C=O) groups excluding carboxylic acids is 1. The summed E-state index contributed by atoms with van der Waals surface area (Å²) in [6.45, 7) is 8.31. The van der Waals surface area contributed by atoms with Gasteiger partial charge in [0.25, 0.3) is 0 Å². The van der Waals surface area contributed by atoms with Gasteiger partial charge in [0.15, 0.2) is 5.82 Å². The van der Waals surface area contributed by atoms with Crippen LogP contribution in [0.2, 0.25) is 0 Å². The van der Waals surface area contributed by atoms with E-state index in [2.05, 4.69) is 36.6 Å². The lowest BCUT2D eigenvalue weighted by Gasteiger charge is -2.23. The van der Waals surface area contributed by atoms with Gasteiger partial charge in [-0.3, -0.25) is 4.79 Å². The van der Waals surface area contributed by atoms with Gasteiger partial charge in [-0.2, -0.15) is 0 Å². The van der Waals surface area contributed by atoms with Crippen molar-refractivity contribution in [2.75, 3.05) is 17.2 Å². The normalized spacial score (nSPS) is 11.2. The Morgan fingerprint density at radius 3 is 2.62 bits per heavy atom. The molecule has 1 heterocycles. The fourth-order valence-corrected chi connectivity index (χ4v) is 2.06. The molecule has 0 bridgehead atoms. The van der Waals surface area contributed by atoms with Crippen LogP contribution in [0.4, 0.5) is 11.5 Å². The fourth-order valence-electron chi connectivity index (χ4n) is 2.06. The topological polar surface area (TPSA) is 67.2 Å². The van der Waals surface area contributed by atoms with E-state index < -0.39 is 0 Å². The number of benzene rings is 1. The Hall–Kier alpha value is -2.30. The molecular weight excluding hydrogens is 266 g/mol. The first-order chi connectivity index (χ1) is 9.86. The van der Waals surface area contributed by atoms with Crippen LogP contribution in [-0.2, 0) is 10.2 Å². The minimum atomic E-state index is -0.118. The summed E-state index contributed by atoms with van der Waals surface area (Å²) in [7, 11) is 0. The van der Waals surface area contributed by atoms with Gasteiger partial charge in [-0.25, -0.2) is 0 Å². The Balaban J connectivity index is 2.00. The second-order valence-corrected chi connectivity index (χ2v) is 6.02. The smallest absolute Gasteiger partial charge is 0.243 e. The molecule has 21 heavy (non-hydrogen) atoms. The Kier molecular flexibility index (Phi) is 4.31. The Morgan fingerprint density at radius 1 is 1.29 bits per heavy atom. The van der Waals surface area contributed by atoms with Crippen molar-refractivity contribution in [1.29, 1.82) is 0 Å². The van der Waals surface area contributed by atoms with Crippen LogP contribution in [0.1, 0.15) is 32.1 Å². The van der Waals surface area contributed by atoms with Crippen LogP contribution in [-0.4, -0.2) is 17.6 Å². The van der Waals surface area contributed by atoms with Gasteiger partial charge in [0.1, 0.15) is 5.76 Å². The van der Waals surface area contributed by atoms with E-state index in [1.54, 1.807) is 13.0 Å². The van der Waals surface area contributed by atoms with Crippen LogP contribution in [0.5, 0.6) is 0 Å². The van der Waals surface area contributed by atoms with Gasteiger partial charge in [-0.1, -0.05) is 44.1 Å². The second-order valence-electron chi connectivity index (χ2n) is 6.02. The molecule has 5 heteroatoms. The maximum absolute atomic E-state index is 12.0. The fraction of sp³-hybridized carbons (Fsp3) is 0.375. The molecule has 0 saturated heterocycles. The number of nitrogens with zero attached hydrogens (tertiary/aromatic N) is 1. The summed E-state index contributed by atoms with van der Waals surface area (Å²) in [6.07, 6.45) is 0. The molecule has 112 valence electrons. The monoisotopic (exact) mass is 287 g/mol. The van der Waals surface area contributed by atoms with Gasteiger partial charge >= 0.3 is 0 Å². The number of nitrogens with one attached hydrogen (secondary N) is 2. The second kappa shape index (κ2) is 5.99. The summed E-state index contributed by atoms with van der Waals surface area (Å²) in [5.41, 5.74) is 1.92. The predicted molar refractivity (Wildman–Crippen MR) is 83.5 cm³/mol. The van der Waals surface area contributed by atoms with Gasteiger partial charge in [-0.15, -0.1) is 0 Å². The maximum atomic E-state index is 12.0. The molecule has 0 atom stereocenters. The van der Waals surface area contributed by atoms with E-state index in [-0.39, 0.29) is 17.9 Å². The van der Waals surface area contributed by atoms with E-state index in [4.69, 9.17) is 4.52 Å². The van der Waals surface area contributed by atoms with Crippen LogP contribution in [0, 0.1) is 6.92 Å². The van der Waals surface area contributed by atoms with E-state index in [0.29, 0.717) is 11.6 Å². The molecule has 1 aromatic carbocycles. The van der Waals surface area contributed by atoms with Gasteiger partial charge < -0.3 is 15.2 Å². The Bertz CT molecular complexity index is 626. The van der Waals surface area contributed by atoms with Crippen LogP contribution in [0.15, 0.2) is 34.9 Å². The summed E-state index contributed by atoms with van der Waals surface area (Å²) < 4.78 is 4.93. The standard InChI is InChI=1S/C16H21N3O2/c1-11-9-14(19-21-11)17-10-15(20)18-13-8-6-5-7-12(13)16(2,3)4/h5-9H,10H2,1-4H3,(H,17,19)(H,18,20). The zero-order valence-corrected chi connectivity index (χ0v) is 12.9. The van der Waals surface area contributed by atoms with Gasteiger partial charge in [0.2, 0.25) is 5.91 Å². The lowest BCUT2D eigenvalue weighted by atomic mass is 9.86. The van der Waals surface area contributed by atoms with E-state index in [9.17, 15) is 4.79 Å². The molecule has 0 fully saturated rings. The number of para-hydroxylation sites is 1. The highest BCUT2D eigenvalue weighted by molar-refractivity contribution is 5.94. The van der Waals surface area contributed by atoms with Crippen molar-refractivity contribution in [2.45, 2.75) is 33.1 Å². The van der Waals surface area contributed by atoms with Crippen molar-refractivity contribution < 1.29 is 9.32 Å². The molecule has 0 aliphatic heterocycles. The molecule has 0 aliphatic carbocycles. The van der Waals surface area contributed by atoms with E-state index in [1.165, 1.54) is 0 Å². The third-order valence-corrected chi connectivity index (χ3v) is 3.07. The number of amides is 1. The third-order valence-electron chi connectivity index (χ3n) is 3.07. The number of anilines is 2. The molecule has 0 aliphatic rings. The molecule has 0 saturated carbocycles. The zero-order chi connectivity index (χ0) is 15.5. The minimum Gasteiger partial charge on any atom is -0.360 e. The van der Waals surface area contributed by atoms with Crippen molar-refractivity contribution >= 4 is 17.4 Å². The highest BCUT2D eigenvalue weighted by Crippen LogP contribution is 2.29. The summed E-state index contributed by atoms with van der Waals surface area (Å²) in [5.74, 6) is 1.15. The lowest BCUT2D eigenvalue weighted by molar-refractivity contribution is -0.114. The molecule has 2 rings (SSSR count). The highest BCUT2D eigenvalue weighted by Gasteiger charge is 2.18. The molecule has 1 aromatic heterocycles. The zero-order valence-electron chi connectivity index (χ0n) is 12.9. The first-order valence-electron chi connectivity index (χ1n) is 6.93. The predicted octanol–water partition coefficient (Wildman–Crippen LogP) is 3.33. The number of hydrogen-bond donors (Lipinski definition) is 2. The van der Waals surface area contributed by atoms with Gasteiger partial charge in [0, 0.05) is 11.8 Å². The molecule has 2 aromatic rings. The van der Waals surface area contributed by atoms with Crippen molar-refractivity contribution in [3.8, 4) is 0 Å². The van der Waals surface area contributed by atoms with Crippen molar-refractivity contribution in [3.05, 3.63) is 41.7 Å². The molecule has 0 spiro atoms. The summed E-state index contributed by atoms with van der Waals surface area (Å²) >= 11 is 0. The van der Waals surface area contributed by atoms with Gasteiger partial charge in [-0.05, 0) is 24.0 Å². The molecule has 0 unspecified atom stereocenters. The van der Waals surface area contributed by atoms with E-state index in [0.717, 1.165) is 11.3 Å². The molecular formula is C16H21N3O2. The lowest BCUT2D eigenvalue weighted by Crippen LogP contribution is -2.24. The van der Waals surface area contributed by atoms with E-state index >= 15 is 0 Å². The van der Waals surface area contributed by atoms with Gasteiger partial charge in [0.05, 0.1) is 6.54 Å². The minimum absolute atomic E-state index is 0.0273. The van der Waals surface area contributed by atoms with E-state index in [1.807, 2.05) is 24.3 Å². The summed E-state index contributed by atoms with van der Waals surface area (Å²) in [5, 5.41) is 9.65. The SMILES string of the molecule is Cc1cc(NCC(=O)Nc2ccccc2C(C)(C)C)no1. The molecule has 1 amide bonds. The maximum Gasteiger partial charge on any atom is 0.243 e. The highest BCUT2D eigenvalue weighted by atomic mass is 16.5. The molecule has 2 N–H and O–H groups in total. The average molecular weight is 287 g/mol. The molecule has 0 radical (unpaired) electrons. The number of carbonyl (C=O) groups is 1. The van der Waals surface area contributed by atoms with Crippen LogP contribution < -0.4 is 10.6 Å². The van der Waals surface area contributed by atoms with Crippen LogP contribution in [0.25, 0.3) is 0 Å². The quantitative estimate of drug-likeness (QED) is 0.905. The van der Waals surface area contributed by atoms with Crippen LogP contribution in [0.3, 0.4) is 0 Å².